The number of nitrogens with zero attached hydrogens (tertiary/aromatic N) is 2. The first-order valence-corrected chi connectivity index (χ1v) is 8.20. The molecule has 108 valence electrons. The highest BCUT2D eigenvalue weighted by atomic mass is 32.1. The number of aromatic nitrogens is 2. The molecule has 0 spiro atoms. The third kappa shape index (κ3) is 2.51. The van der Waals surface area contributed by atoms with Crippen LogP contribution in [0.1, 0.15) is 25.1 Å². The zero-order chi connectivity index (χ0) is 14.8. The zero-order valence-electron chi connectivity index (χ0n) is 12.6. The predicted octanol–water partition coefficient (Wildman–Crippen LogP) is 4.66. The van der Waals surface area contributed by atoms with Crippen molar-refractivity contribution in [3.05, 3.63) is 40.9 Å². The minimum absolute atomic E-state index is 0.818. The molecular weight excluding hydrogens is 278 g/mol. The molecule has 0 radical (unpaired) electrons. The predicted molar refractivity (Wildman–Crippen MR) is 91.1 cm³/mol. The van der Waals surface area contributed by atoms with Crippen molar-refractivity contribution in [1.29, 1.82) is 0 Å². The average Bonchev–Trinajstić information content (AvgIpc) is 2.91. The largest absolute Gasteiger partial charge is 0.370 e. The van der Waals surface area contributed by atoms with Gasteiger partial charge in [-0.2, -0.15) is 0 Å². The maximum Gasteiger partial charge on any atom is 0.163 e. The number of anilines is 1. The van der Waals surface area contributed by atoms with E-state index in [1.165, 1.54) is 15.6 Å². The molecule has 0 saturated heterocycles. The Morgan fingerprint density at radius 3 is 2.71 bits per heavy atom. The van der Waals surface area contributed by atoms with E-state index >= 15 is 0 Å². The standard InChI is InChI=1S/C17H19N3S/c1-4-12-11(3)19-17(20-16(12)18-5-2)14-10-21-15-9-7-6-8-13(14)15/h6-10H,4-5H2,1-3H3,(H,18,19,20). The lowest BCUT2D eigenvalue weighted by atomic mass is 10.1. The van der Waals surface area contributed by atoms with Gasteiger partial charge in [-0.05, 0) is 26.3 Å². The molecule has 2 aromatic heterocycles. The molecule has 1 aromatic carbocycles. The zero-order valence-corrected chi connectivity index (χ0v) is 13.4. The molecule has 3 rings (SSSR count). The van der Waals surface area contributed by atoms with E-state index in [1.807, 2.05) is 0 Å². The number of fused-ring (bicyclic) bond motifs is 1. The van der Waals surface area contributed by atoms with Crippen LogP contribution in [0.15, 0.2) is 29.6 Å². The molecular formula is C17H19N3S. The summed E-state index contributed by atoms with van der Waals surface area (Å²) in [5.41, 5.74) is 3.40. The normalized spacial score (nSPS) is 11.0. The lowest BCUT2D eigenvalue weighted by Gasteiger charge is -2.12. The van der Waals surface area contributed by atoms with Gasteiger partial charge in [0.2, 0.25) is 0 Å². The lowest BCUT2D eigenvalue weighted by Crippen LogP contribution is -2.07. The van der Waals surface area contributed by atoms with E-state index in [0.29, 0.717) is 0 Å². The summed E-state index contributed by atoms with van der Waals surface area (Å²) in [6.07, 6.45) is 0.943. The number of nitrogens with one attached hydrogen (secondary N) is 1. The topological polar surface area (TPSA) is 37.8 Å². The van der Waals surface area contributed by atoms with Gasteiger partial charge in [0.1, 0.15) is 5.82 Å². The van der Waals surface area contributed by atoms with E-state index in [4.69, 9.17) is 9.97 Å². The van der Waals surface area contributed by atoms with Crippen LogP contribution in [0.5, 0.6) is 0 Å². The van der Waals surface area contributed by atoms with Crippen molar-refractivity contribution in [3.63, 3.8) is 0 Å². The monoisotopic (exact) mass is 297 g/mol. The van der Waals surface area contributed by atoms with Crippen molar-refractivity contribution in [2.45, 2.75) is 27.2 Å². The Hall–Kier alpha value is -1.94. The van der Waals surface area contributed by atoms with Crippen molar-refractivity contribution >= 4 is 27.2 Å². The van der Waals surface area contributed by atoms with Crippen molar-refractivity contribution in [2.75, 3.05) is 11.9 Å². The number of rotatable bonds is 4. The van der Waals surface area contributed by atoms with E-state index in [1.54, 1.807) is 11.3 Å². The highest BCUT2D eigenvalue weighted by molar-refractivity contribution is 7.17. The summed E-state index contributed by atoms with van der Waals surface area (Å²) in [7, 11) is 0. The Kier molecular flexibility index (Phi) is 3.88. The fraction of sp³-hybridized carbons (Fsp3) is 0.294. The minimum Gasteiger partial charge on any atom is -0.370 e. The van der Waals surface area contributed by atoms with Crippen LogP contribution >= 0.6 is 11.3 Å². The molecule has 1 N–H and O–H groups in total. The second-order valence-corrected chi connectivity index (χ2v) is 5.90. The Labute approximate surface area is 129 Å². The highest BCUT2D eigenvalue weighted by Gasteiger charge is 2.14. The molecule has 21 heavy (non-hydrogen) atoms. The second kappa shape index (κ2) is 5.82. The summed E-state index contributed by atoms with van der Waals surface area (Å²) in [5, 5.41) is 6.75. The van der Waals surface area contributed by atoms with Gasteiger partial charge in [-0.3, -0.25) is 0 Å². The lowest BCUT2D eigenvalue weighted by molar-refractivity contribution is 0.991. The van der Waals surface area contributed by atoms with Crippen molar-refractivity contribution in [3.8, 4) is 11.4 Å². The van der Waals surface area contributed by atoms with Crippen LogP contribution < -0.4 is 5.32 Å². The molecule has 0 bridgehead atoms. The summed E-state index contributed by atoms with van der Waals surface area (Å²) < 4.78 is 1.28. The van der Waals surface area contributed by atoms with Crippen LogP contribution in [-0.2, 0) is 6.42 Å². The van der Waals surface area contributed by atoms with Gasteiger partial charge in [0.25, 0.3) is 0 Å². The summed E-state index contributed by atoms with van der Waals surface area (Å²) in [6.45, 7) is 7.18. The maximum atomic E-state index is 4.77. The molecule has 0 amide bonds. The van der Waals surface area contributed by atoms with Crippen LogP contribution in [0.4, 0.5) is 5.82 Å². The third-order valence-corrected chi connectivity index (χ3v) is 4.60. The van der Waals surface area contributed by atoms with Gasteiger partial charge in [-0.15, -0.1) is 11.3 Å². The Morgan fingerprint density at radius 1 is 1.14 bits per heavy atom. The molecule has 3 aromatic rings. The van der Waals surface area contributed by atoms with Gasteiger partial charge in [-0.25, -0.2) is 9.97 Å². The number of hydrogen-bond donors (Lipinski definition) is 1. The van der Waals surface area contributed by atoms with Crippen molar-refractivity contribution in [2.24, 2.45) is 0 Å². The van der Waals surface area contributed by atoms with Gasteiger partial charge >= 0.3 is 0 Å². The van der Waals surface area contributed by atoms with Crippen molar-refractivity contribution < 1.29 is 0 Å². The van der Waals surface area contributed by atoms with Gasteiger partial charge in [0, 0.05) is 38.8 Å². The molecule has 0 aliphatic rings. The third-order valence-electron chi connectivity index (χ3n) is 3.63. The molecule has 3 nitrogen and oxygen atoms in total. The van der Waals surface area contributed by atoms with Gasteiger partial charge < -0.3 is 5.32 Å². The van der Waals surface area contributed by atoms with Crippen LogP contribution in [-0.4, -0.2) is 16.5 Å². The second-order valence-electron chi connectivity index (χ2n) is 4.99. The average molecular weight is 297 g/mol. The first kappa shape index (κ1) is 14.0. The molecule has 0 saturated carbocycles. The van der Waals surface area contributed by atoms with E-state index in [2.05, 4.69) is 55.7 Å². The molecule has 2 heterocycles. The molecule has 0 aliphatic carbocycles. The molecule has 0 unspecified atom stereocenters. The summed E-state index contributed by atoms with van der Waals surface area (Å²) in [5.74, 6) is 1.79. The first-order chi connectivity index (χ1) is 10.2. The molecule has 0 aliphatic heterocycles. The van der Waals surface area contributed by atoms with E-state index < -0.39 is 0 Å². The smallest absolute Gasteiger partial charge is 0.163 e. The van der Waals surface area contributed by atoms with Crippen LogP contribution in [0, 0.1) is 6.92 Å². The van der Waals surface area contributed by atoms with Gasteiger partial charge in [-0.1, -0.05) is 25.1 Å². The Bertz CT molecular complexity index is 777. The van der Waals surface area contributed by atoms with E-state index in [9.17, 15) is 0 Å². The number of thiophene rings is 1. The van der Waals surface area contributed by atoms with Gasteiger partial charge in [0.05, 0.1) is 0 Å². The van der Waals surface area contributed by atoms with Crippen LogP contribution in [0.3, 0.4) is 0 Å². The van der Waals surface area contributed by atoms with Crippen LogP contribution in [0.2, 0.25) is 0 Å². The number of hydrogen-bond acceptors (Lipinski definition) is 4. The van der Waals surface area contributed by atoms with E-state index in [-0.39, 0.29) is 0 Å². The summed E-state index contributed by atoms with van der Waals surface area (Å²) >= 11 is 1.74. The fourth-order valence-corrected chi connectivity index (χ4v) is 3.54. The highest BCUT2D eigenvalue weighted by Crippen LogP contribution is 2.33. The summed E-state index contributed by atoms with van der Waals surface area (Å²) in [6, 6.07) is 8.42. The first-order valence-electron chi connectivity index (χ1n) is 7.32. The molecule has 4 heteroatoms. The number of aryl methyl sites for hydroxylation is 1. The number of benzene rings is 1. The van der Waals surface area contributed by atoms with Gasteiger partial charge in [0.15, 0.2) is 5.82 Å². The minimum atomic E-state index is 0.818. The van der Waals surface area contributed by atoms with Crippen molar-refractivity contribution in [1.82, 2.24) is 9.97 Å². The quantitative estimate of drug-likeness (QED) is 0.761. The SMILES string of the molecule is CCNc1nc(-c2csc3ccccc23)nc(C)c1CC. The Morgan fingerprint density at radius 2 is 1.95 bits per heavy atom. The molecule has 0 fully saturated rings. The Balaban J connectivity index is 2.18. The van der Waals surface area contributed by atoms with E-state index in [0.717, 1.165) is 35.9 Å². The summed E-state index contributed by atoms with van der Waals surface area (Å²) in [4.78, 5) is 9.51. The fourth-order valence-electron chi connectivity index (χ4n) is 2.60. The molecule has 0 atom stereocenters. The van der Waals surface area contributed by atoms with Crippen LogP contribution in [0.25, 0.3) is 21.5 Å². The maximum absolute atomic E-state index is 4.77.